The van der Waals surface area contributed by atoms with Crippen molar-refractivity contribution >= 4 is 5.82 Å². The highest BCUT2D eigenvalue weighted by Crippen LogP contribution is 2.28. The van der Waals surface area contributed by atoms with E-state index < -0.39 is 0 Å². The average molecular weight is 271 g/mol. The zero-order valence-electron chi connectivity index (χ0n) is 12.1. The molecule has 0 aliphatic carbocycles. The maximum Gasteiger partial charge on any atom is 0.124 e. The molecule has 2 heterocycles. The molecule has 0 saturated carbocycles. The van der Waals surface area contributed by atoms with Gasteiger partial charge in [-0.3, -0.25) is 0 Å². The van der Waals surface area contributed by atoms with Gasteiger partial charge in [-0.1, -0.05) is 25.5 Å². The lowest BCUT2D eigenvalue weighted by molar-refractivity contribution is 0.412. The number of hydrogen-bond acceptors (Lipinski definition) is 3. The van der Waals surface area contributed by atoms with Crippen molar-refractivity contribution in [1.82, 2.24) is 9.78 Å². The van der Waals surface area contributed by atoms with Crippen molar-refractivity contribution in [2.24, 2.45) is 0 Å². The Balaban J connectivity index is 1.80. The van der Waals surface area contributed by atoms with Crippen molar-refractivity contribution < 1.29 is 4.74 Å². The molecule has 1 aromatic heterocycles. The van der Waals surface area contributed by atoms with E-state index in [1.807, 2.05) is 6.07 Å². The molecule has 4 heteroatoms. The average Bonchev–Trinajstić information content (AvgIpc) is 2.89. The van der Waals surface area contributed by atoms with Crippen LogP contribution in [0.5, 0.6) is 5.75 Å². The number of nitrogens with zero attached hydrogens (tertiary/aromatic N) is 2. The standard InChI is InChI=1S/C16H21N3O/c1-3-5-14-9-16-17-10-13(11-19(16)18-14)12-6-4-7-15(8-12)20-2/h4,6-9,13,17H,3,5,10-11H2,1-2H3. The van der Waals surface area contributed by atoms with E-state index in [0.717, 1.165) is 37.5 Å². The van der Waals surface area contributed by atoms with Gasteiger partial charge in [0.2, 0.25) is 0 Å². The summed E-state index contributed by atoms with van der Waals surface area (Å²) in [4.78, 5) is 0. The minimum absolute atomic E-state index is 0.437. The van der Waals surface area contributed by atoms with Crippen LogP contribution in [0.15, 0.2) is 30.3 Å². The Hall–Kier alpha value is -1.97. The van der Waals surface area contributed by atoms with Crippen molar-refractivity contribution in [2.45, 2.75) is 32.2 Å². The second kappa shape index (κ2) is 5.57. The molecule has 1 aliphatic heterocycles. The van der Waals surface area contributed by atoms with Gasteiger partial charge >= 0.3 is 0 Å². The maximum atomic E-state index is 5.31. The number of benzene rings is 1. The third-order valence-corrected chi connectivity index (χ3v) is 3.82. The first-order valence-corrected chi connectivity index (χ1v) is 7.24. The fourth-order valence-electron chi connectivity index (χ4n) is 2.75. The molecule has 0 saturated heterocycles. The topological polar surface area (TPSA) is 39.1 Å². The molecule has 1 aliphatic rings. The van der Waals surface area contributed by atoms with Crippen molar-refractivity contribution in [1.29, 1.82) is 0 Å². The summed E-state index contributed by atoms with van der Waals surface area (Å²) in [5.74, 6) is 2.50. The van der Waals surface area contributed by atoms with Crippen LogP contribution in [0.3, 0.4) is 0 Å². The van der Waals surface area contributed by atoms with Gasteiger partial charge in [-0.2, -0.15) is 5.10 Å². The SMILES string of the molecule is CCCc1cc2n(n1)CC(c1cccc(OC)c1)CN2. The van der Waals surface area contributed by atoms with E-state index in [1.54, 1.807) is 7.11 Å². The Morgan fingerprint density at radius 2 is 2.30 bits per heavy atom. The van der Waals surface area contributed by atoms with Gasteiger partial charge in [-0.25, -0.2) is 4.68 Å². The van der Waals surface area contributed by atoms with E-state index in [2.05, 4.69) is 46.3 Å². The van der Waals surface area contributed by atoms with Crippen molar-refractivity contribution in [3.8, 4) is 5.75 Å². The van der Waals surface area contributed by atoms with Crippen LogP contribution in [0.1, 0.15) is 30.5 Å². The van der Waals surface area contributed by atoms with Crippen LogP contribution < -0.4 is 10.1 Å². The van der Waals surface area contributed by atoms with Gasteiger partial charge < -0.3 is 10.1 Å². The Morgan fingerprint density at radius 3 is 3.10 bits per heavy atom. The minimum Gasteiger partial charge on any atom is -0.497 e. The monoisotopic (exact) mass is 271 g/mol. The Bertz CT molecular complexity index is 591. The maximum absolute atomic E-state index is 5.31. The summed E-state index contributed by atoms with van der Waals surface area (Å²) in [7, 11) is 1.71. The molecule has 4 nitrogen and oxygen atoms in total. The lowest BCUT2D eigenvalue weighted by atomic mass is 9.97. The lowest BCUT2D eigenvalue weighted by Crippen LogP contribution is -2.26. The summed E-state index contributed by atoms with van der Waals surface area (Å²) in [6.45, 7) is 4.06. The number of rotatable bonds is 4. The molecule has 0 amide bonds. The van der Waals surface area contributed by atoms with Crippen LogP contribution in [0.4, 0.5) is 5.82 Å². The molecule has 1 atom stereocenters. The van der Waals surface area contributed by atoms with Gasteiger partial charge in [0.15, 0.2) is 0 Å². The first-order chi connectivity index (χ1) is 9.80. The zero-order chi connectivity index (χ0) is 13.9. The van der Waals surface area contributed by atoms with Gasteiger partial charge in [-0.05, 0) is 24.1 Å². The number of ether oxygens (including phenoxy) is 1. The number of hydrogen-bond donors (Lipinski definition) is 1. The predicted octanol–water partition coefficient (Wildman–Crippen LogP) is 3.05. The van der Waals surface area contributed by atoms with Crippen LogP contribution in [-0.4, -0.2) is 23.4 Å². The zero-order valence-corrected chi connectivity index (χ0v) is 12.1. The normalized spacial score (nSPS) is 17.4. The van der Waals surface area contributed by atoms with Crippen LogP contribution in [-0.2, 0) is 13.0 Å². The third kappa shape index (κ3) is 2.50. The number of fused-ring (bicyclic) bond motifs is 1. The lowest BCUT2D eigenvalue weighted by Gasteiger charge is -2.25. The van der Waals surface area contributed by atoms with E-state index in [4.69, 9.17) is 4.74 Å². The van der Waals surface area contributed by atoms with Crippen LogP contribution in [0.25, 0.3) is 0 Å². The summed E-state index contributed by atoms with van der Waals surface area (Å²) in [5, 5.41) is 8.17. The highest BCUT2D eigenvalue weighted by atomic mass is 16.5. The van der Waals surface area contributed by atoms with E-state index >= 15 is 0 Å². The highest BCUT2D eigenvalue weighted by Gasteiger charge is 2.21. The fraction of sp³-hybridized carbons (Fsp3) is 0.438. The van der Waals surface area contributed by atoms with E-state index in [9.17, 15) is 0 Å². The summed E-state index contributed by atoms with van der Waals surface area (Å²) >= 11 is 0. The number of anilines is 1. The molecule has 1 aromatic carbocycles. The van der Waals surface area contributed by atoms with Crippen molar-refractivity contribution in [3.05, 3.63) is 41.6 Å². The number of methoxy groups -OCH3 is 1. The molecular formula is C16H21N3O. The van der Waals surface area contributed by atoms with E-state index in [1.165, 1.54) is 11.3 Å². The quantitative estimate of drug-likeness (QED) is 0.929. The van der Waals surface area contributed by atoms with Crippen molar-refractivity contribution in [2.75, 3.05) is 19.0 Å². The molecule has 1 unspecified atom stereocenters. The van der Waals surface area contributed by atoms with Gasteiger partial charge in [0.05, 0.1) is 19.3 Å². The third-order valence-electron chi connectivity index (χ3n) is 3.82. The molecule has 3 rings (SSSR count). The van der Waals surface area contributed by atoms with Crippen molar-refractivity contribution in [3.63, 3.8) is 0 Å². The molecule has 1 N–H and O–H groups in total. The first-order valence-electron chi connectivity index (χ1n) is 7.24. The number of nitrogens with one attached hydrogen (secondary N) is 1. The highest BCUT2D eigenvalue weighted by molar-refractivity contribution is 5.41. The fourth-order valence-corrected chi connectivity index (χ4v) is 2.75. The molecule has 0 radical (unpaired) electrons. The molecular weight excluding hydrogens is 250 g/mol. The molecule has 20 heavy (non-hydrogen) atoms. The molecule has 0 fully saturated rings. The summed E-state index contributed by atoms with van der Waals surface area (Å²) < 4.78 is 7.40. The smallest absolute Gasteiger partial charge is 0.124 e. The second-order valence-electron chi connectivity index (χ2n) is 5.31. The Morgan fingerprint density at radius 1 is 1.40 bits per heavy atom. The number of aromatic nitrogens is 2. The minimum atomic E-state index is 0.437. The molecule has 0 bridgehead atoms. The molecule has 2 aromatic rings. The van der Waals surface area contributed by atoms with Gasteiger partial charge in [-0.15, -0.1) is 0 Å². The Labute approximate surface area is 119 Å². The number of aryl methyl sites for hydroxylation is 1. The predicted molar refractivity (Wildman–Crippen MR) is 80.4 cm³/mol. The van der Waals surface area contributed by atoms with Gasteiger partial charge in [0, 0.05) is 18.5 Å². The summed E-state index contributed by atoms with van der Waals surface area (Å²) in [6.07, 6.45) is 2.18. The Kier molecular flexibility index (Phi) is 3.63. The van der Waals surface area contributed by atoms with Crippen LogP contribution in [0, 0.1) is 0 Å². The summed E-state index contributed by atoms with van der Waals surface area (Å²) in [5.41, 5.74) is 2.48. The van der Waals surface area contributed by atoms with E-state index in [0.29, 0.717) is 5.92 Å². The van der Waals surface area contributed by atoms with Crippen LogP contribution in [0.2, 0.25) is 0 Å². The van der Waals surface area contributed by atoms with Crippen LogP contribution >= 0.6 is 0 Å². The first kappa shape index (κ1) is 13.0. The molecule has 0 spiro atoms. The van der Waals surface area contributed by atoms with Gasteiger partial charge in [0.1, 0.15) is 11.6 Å². The second-order valence-corrected chi connectivity index (χ2v) is 5.31. The largest absolute Gasteiger partial charge is 0.497 e. The molecule has 106 valence electrons. The van der Waals surface area contributed by atoms with Gasteiger partial charge in [0.25, 0.3) is 0 Å². The van der Waals surface area contributed by atoms with E-state index in [-0.39, 0.29) is 0 Å². The summed E-state index contributed by atoms with van der Waals surface area (Å²) in [6, 6.07) is 10.5.